The minimum Gasteiger partial charge on any atom is -0.311 e. The lowest BCUT2D eigenvalue weighted by Gasteiger charge is -2.17. The van der Waals surface area contributed by atoms with E-state index in [4.69, 9.17) is 0 Å². The molecule has 2 aromatic rings. The van der Waals surface area contributed by atoms with Crippen molar-refractivity contribution in [2.75, 3.05) is 7.05 Å². The highest BCUT2D eigenvalue weighted by atomic mass is 15.3. The van der Waals surface area contributed by atoms with Crippen LogP contribution in [0.5, 0.6) is 0 Å². The minimum atomic E-state index is 0.313. The highest BCUT2D eigenvalue weighted by molar-refractivity contribution is 5.20. The van der Waals surface area contributed by atoms with E-state index in [2.05, 4.69) is 58.4 Å². The smallest absolute Gasteiger partial charge is 0.0597 e. The van der Waals surface area contributed by atoms with Crippen LogP contribution in [0.3, 0.4) is 0 Å². The van der Waals surface area contributed by atoms with Gasteiger partial charge in [-0.3, -0.25) is 4.68 Å². The predicted octanol–water partition coefficient (Wildman–Crippen LogP) is 2.71. The van der Waals surface area contributed by atoms with Gasteiger partial charge in [-0.1, -0.05) is 30.3 Å². The Kier molecular flexibility index (Phi) is 4.15. The summed E-state index contributed by atoms with van der Waals surface area (Å²) in [6.07, 6.45) is 0.989. The van der Waals surface area contributed by atoms with Crippen LogP contribution in [0.1, 0.15) is 29.9 Å². The van der Waals surface area contributed by atoms with Crippen molar-refractivity contribution in [3.8, 4) is 0 Å². The second-order valence-electron chi connectivity index (χ2n) is 4.56. The molecule has 96 valence electrons. The Labute approximate surface area is 109 Å². The zero-order valence-corrected chi connectivity index (χ0v) is 11.4. The van der Waals surface area contributed by atoms with Gasteiger partial charge < -0.3 is 5.32 Å². The number of aryl methyl sites for hydroxylation is 2. The number of aromatic nitrogens is 2. The molecule has 0 bridgehead atoms. The van der Waals surface area contributed by atoms with Crippen LogP contribution in [0.25, 0.3) is 0 Å². The van der Waals surface area contributed by atoms with E-state index in [-0.39, 0.29) is 0 Å². The summed E-state index contributed by atoms with van der Waals surface area (Å²) in [6, 6.07) is 13.1. The average Bonchev–Trinajstić information content (AvgIpc) is 2.78. The lowest BCUT2D eigenvalue weighted by atomic mass is 10.0. The monoisotopic (exact) mass is 243 g/mol. The normalized spacial score (nSPS) is 12.6. The van der Waals surface area contributed by atoms with Crippen molar-refractivity contribution in [3.05, 3.63) is 53.3 Å². The molecule has 1 aromatic heterocycles. The molecule has 0 spiro atoms. The molecule has 3 heteroatoms. The number of nitrogens with zero attached hydrogens (tertiary/aromatic N) is 2. The number of hydrogen-bond acceptors (Lipinski definition) is 2. The molecule has 1 unspecified atom stereocenters. The van der Waals surface area contributed by atoms with Crippen molar-refractivity contribution in [2.45, 2.75) is 32.9 Å². The van der Waals surface area contributed by atoms with E-state index in [9.17, 15) is 0 Å². The first kappa shape index (κ1) is 12.8. The van der Waals surface area contributed by atoms with Gasteiger partial charge in [-0.25, -0.2) is 0 Å². The summed E-state index contributed by atoms with van der Waals surface area (Å²) in [7, 11) is 2.01. The van der Waals surface area contributed by atoms with Crippen LogP contribution in [0.2, 0.25) is 0 Å². The Hall–Kier alpha value is -1.61. The molecule has 0 amide bonds. The largest absolute Gasteiger partial charge is 0.311 e. The molecule has 3 nitrogen and oxygen atoms in total. The van der Waals surface area contributed by atoms with Gasteiger partial charge in [0.1, 0.15) is 0 Å². The molecule has 0 aliphatic carbocycles. The van der Waals surface area contributed by atoms with Gasteiger partial charge >= 0.3 is 0 Å². The summed E-state index contributed by atoms with van der Waals surface area (Å²) < 4.78 is 2.08. The molecular weight excluding hydrogens is 222 g/mol. The maximum Gasteiger partial charge on any atom is 0.0597 e. The molecular formula is C15H21N3. The summed E-state index contributed by atoms with van der Waals surface area (Å²) in [6.45, 7) is 5.09. The standard InChI is InChI=1S/C15H21N3/c1-4-18-15(10-12(2)17-18)14(16-3)11-13-8-6-5-7-9-13/h5-10,14,16H,4,11H2,1-3H3. The van der Waals surface area contributed by atoms with Gasteiger partial charge in [0.2, 0.25) is 0 Å². The topological polar surface area (TPSA) is 29.9 Å². The Morgan fingerprint density at radius 3 is 2.61 bits per heavy atom. The third-order valence-corrected chi connectivity index (χ3v) is 3.22. The molecule has 0 radical (unpaired) electrons. The fourth-order valence-electron chi connectivity index (χ4n) is 2.30. The van der Waals surface area contributed by atoms with Crippen LogP contribution >= 0.6 is 0 Å². The zero-order chi connectivity index (χ0) is 13.0. The lowest BCUT2D eigenvalue weighted by molar-refractivity contribution is 0.512. The molecule has 0 saturated carbocycles. The first-order chi connectivity index (χ1) is 8.74. The minimum absolute atomic E-state index is 0.313. The van der Waals surface area contributed by atoms with Crippen molar-refractivity contribution in [1.82, 2.24) is 15.1 Å². The highest BCUT2D eigenvalue weighted by Gasteiger charge is 2.15. The van der Waals surface area contributed by atoms with E-state index in [1.165, 1.54) is 11.3 Å². The van der Waals surface area contributed by atoms with E-state index in [1.54, 1.807) is 0 Å². The summed E-state index contributed by atoms with van der Waals surface area (Å²) >= 11 is 0. The van der Waals surface area contributed by atoms with Crippen molar-refractivity contribution in [3.63, 3.8) is 0 Å². The van der Waals surface area contributed by atoms with Gasteiger partial charge in [-0.2, -0.15) is 5.10 Å². The maximum atomic E-state index is 4.52. The Bertz CT molecular complexity index is 488. The molecule has 18 heavy (non-hydrogen) atoms. The summed E-state index contributed by atoms with van der Waals surface area (Å²) in [5.41, 5.74) is 3.69. The molecule has 2 rings (SSSR count). The van der Waals surface area contributed by atoms with Gasteiger partial charge in [-0.05, 0) is 38.9 Å². The molecule has 0 saturated heterocycles. The summed E-state index contributed by atoms with van der Waals surface area (Å²) in [5.74, 6) is 0. The molecule has 0 fully saturated rings. The van der Waals surface area contributed by atoms with Crippen molar-refractivity contribution < 1.29 is 0 Å². The average molecular weight is 243 g/mol. The maximum absolute atomic E-state index is 4.52. The summed E-state index contributed by atoms with van der Waals surface area (Å²) in [4.78, 5) is 0. The SMILES string of the molecule is CCn1nc(C)cc1C(Cc1ccccc1)NC. The van der Waals surface area contributed by atoms with Crippen LogP contribution in [-0.2, 0) is 13.0 Å². The third-order valence-electron chi connectivity index (χ3n) is 3.22. The van der Waals surface area contributed by atoms with Crippen molar-refractivity contribution in [2.24, 2.45) is 0 Å². The second-order valence-corrected chi connectivity index (χ2v) is 4.56. The van der Waals surface area contributed by atoms with E-state index in [1.807, 2.05) is 14.0 Å². The fourth-order valence-corrected chi connectivity index (χ4v) is 2.30. The zero-order valence-electron chi connectivity index (χ0n) is 11.4. The Morgan fingerprint density at radius 1 is 1.28 bits per heavy atom. The van der Waals surface area contributed by atoms with Crippen LogP contribution in [0.15, 0.2) is 36.4 Å². The number of hydrogen-bond donors (Lipinski definition) is 1. The molecule has 1 atom stereocenters. The Balaban J connectivity index is 2.22. The number of benzene rings is 1. The van der Waals surface area contributed by atoms with Gasteiger partial charge in [0, 0.05) is 6.54 Å². The second kappa shape index (κ2) is 5.83. The van der Waals surface area contributed by atoms with Crippen molar-refractivity contribution in [1.29, 1.82) is 0 Å². The van der Waals surface area contributed by atoms with Gasteiger partial charge in [0.15, 0.2) is 0 Å². The number of likely N-dealkylation sites (N-methyl/N-ethyl adjacent to an activating group) is 1. The van der Waals surface area contributed by atoms with Gasteiger partial charge in [0.05, 0.1) is 17.4 Å². The third kappa shape index (κ3) is 2.79. The number of nitrogens with one attached hydrogen (secondary N) is 1. The molecule has 0 aliphatic rings. The quantitative estimate of drug-likeness (QED) is 0.875. The number of rotatable bonds is 5. The first-order valence-electron chi connectivity index (χ1n) is 6.50. The van der Waals surface area contributed by atoms with Gasteiger partial charge in [0.25, 0.3) is 0 Å². The van der Waals surface area contributed by atoms with Crippen molar-refractivity contribution >= 4 is 0 Å². The van der Waals surface area contributed by atoms with Crippen LogP contribution < -0.4 is 5.32 Å². The molecule has 1 aromatic carbocycles. The lowest BCUT2D eigenvalue weighted by Crippen LogP contribution is -2.22. The van der Waals surface area contributed by atoms with E-state index in [0.717, 1.165) is 18.7 Å². The fraction of sp³-hybridized carbons (Fsp3) is 0.400. The summed E-state index contributed by atoms with van der Waals surface area (Å²) in [5, 5.41) is 7.91. The van der Waals surface area contributed by atoms with Gasteiger partial charge in [-0.15, -0.1) is 0 Å². The van der Waals surface area contributed by atoms with Crippen LogP contribution in [0, 0.1) is 6.92 Å². The molecule has 1 N–H and O–H groups in total. The van der Waals surface area contributed by atoms with E-state index >= 15 is 0 Å². The van der Waals surface area contributed by atoms with E-state index < -0.39 is 0 Å². The highest BCUT2D eigenvalue weighted by Crippen LogP contribution is 2.19. The molecule has 1 heterocycles. The van der Waals surface area contributed by atoms with Crippen LogP contribution in [0.4, 0.5) is 0 Å². The molecule has 0 aliphatic heterocycles. The first-order valence-corrected chi connectivity index (χ1v) is 6.50. The Morgan fingerprint density at radius 2 is 2.00 bits per heavy atom. The van der Waals surface area contributed by atoms with Crippen LogP contribution in [-0.4, -0.2) is 16.8 Å². The van der Waals surface area contributed by atoms with E-state index in [0.29, 0.717) is 6.04 Å². The predicted molar refractivity (Wildman–Crippen MR) is 74.6 cm³/mol.